The Kier molecular flexibility index (Phi) is 4.64. The second kappa shape index (κ2) is 7.43. The third-order valence-electron chi connectivity index (χ3n) is 7.36. The summed E-state index contributed by atoms with van der Waals surface area (Å²) in [6, 6.07) is 3.63. The van der Waals surface area contributed by atoms with Gasteiger partial charge in [0.05, 0.1) is 29.6 Å². The normalized spacial score (nSPS) is 26.5. The van der Waals surface area contributed by atoms with Crippen molar-refractivity contribution in [1.29, 1.82) is 0 Å². The monoisotopic (exact) mass is 485 g/mol. The molecule has 1 saturated heterocycles. The molecule has 180 valence electrons. The Morgan fingerprint density at radius 1 is 1.09 bits per heavy atom. The average molecular weight is 485 g/mol. The standard InChI is InChI=1S/C24H19F4N5O2/c1-12-4-5-29-19(18(12)21-31-9-15(25)10-32-21)22(34)33-11-14-6-23(14)7-16(20(23)33)35-17-3-2-13(8-30-17)24(26,27)28/h2-5,8-10,14,16,20H,6-7,11H2,1H3. The summed E-state index contributed by atoms with van der Waals surface area (Å²) in [6.45, 7) is 2.35. The number of aromatic nitrogens is 4. The highest BCUT2D eigenvalue weighted by Crippen LogP contribution is 2.71. The Bertz CT molecular complexity index is 1310. The largest absolute Gasteiger partial charge is 0.472 e. The van der Waals surface area contributed by atoms with Gasteiger partial charge in [0.1, 0.15) is 11.8 Å². The lowest BCUT2D eigenvalue weighted by Gasteiger charge is -2.46. The minimum absolute atomic E-state index is 0.0252. The quantitative estimate of drug-likeness (QED) is 0.518. The van der Waals surface area contributed by atoms with Crippen molar-refractivity contribution in [3.8, 4) is 17.3 Å². The minimum Gasteiger partial charge on any atom is -0.472 e. The Balaban J connectivity index is 1.27. The number of ether oxygens (including phenoxy) is 1. The zero-order chi connectivity index (χ0) is 24.5. The highest BCUT2D eigenvalue weighted by Gasteiger charge is 2.76. The fourth-order valence-corrected chi connectivity index (χ4v) is 5.61. The van der Waals surface area contributed by atoms with Crippen molar-refractivity contribution in [3.63, 3.8) is 0 Å². The Morgan fingerprint density at radius 3 is 2.54 bits per heavy atom. The lowest BCUT2D eigenvalue weighted by molar-refractivity contribution is -0.137. The molecular weight excluding hydrogens is 466 g/mol. The van der Waals surface area contributed by atoms with Gasteiger partial charge >= 0.3 is 6.18 Å². The number of hydrogen-bond donors (Lipinski definition) is 0. The zero-order valence-corrected chi connectivity index (χ0v) is 18.5. The summed E-state index contributed by atoms with van der Waals surface area (Å²) < 4.78 is 57.8. The summed E-state index contributed by atoms with van der Waals surface area (Å²) in [6.07, 6.45) is 1.18. The molecule has 7 nitrogen and oxygen atoms in total. The zero-order valence-electron chi connectivity index (χ0n) is 18.5. The van der Waals surface area contributed by atoms with E-state index >= 15 is 0 Å². The first kappa shape index (κ1) is 21.9. The van der Waals surface area contributed by atoms with E-state index in [2.05, 4.69) is 19.9 Å². The number of nitrogens with zero attached hydrogens (tertiary/aromatic N) is 5. The van der Waals surface area contributed by atoms with Gasteiger partial charge < -0.3 is 9.64 Å². The van der Waals surface area contributed by atoms with Crippen molar-refractivity contribution >= 4 is 5.91 Å². The van der Waals surface area contributed by atoms with E-state index in [1.807, 2.05) is 0 Å². The topological polar surface area (TPSA) is 81.1 Å². The number of pyridine rings is 2. The molecule has 3 aliphatic rings. The van der Waals surface area contributed by atoms with Crippen LogP contribution in [0.1, 0.15) is 34.5 Å². The fraction of sp³-hybridized carbons (Fsp3) is 0.375. The van der Waals surface area contributed by atoms with Gasteiger partial charge in [-0.05, 0) is 43.4 Å². The number of halogens is 4. The van der Waals surface area contributed by atoms with Crippen molar-refractivity contribution in [2.75, 3.05) is 6.54 Å². The van der Waals surface area contributed by atoms with Crippen molar-refractivity contribution in [2.45, 2.75) is 38.1 Å². The Hall–Kier alpha value is -3.63. The van der Waals surface area contributed by atoms with Gasteiger partial charge in [-0.15, -0.1) is 0 Å². The van der Waals surface area contributed by atoms with Gasteiger partial charge in [-0.3, -0.25) is 9.78 Å². The number of rotatable bonds is 4. The van der Waals surface area contributed by atoms with E-state index in [1.54, 1.807) is 17.9 Å². The van der Waals surface area contributed by atoms with Crippen LogP contribution in [0.2, 0.25) is 0 Å². The number of carbonyl (C=O) groups excluding carboxylic acids is 1. The molecule has 4 atom stereocenters. The maximum atomic E-state index is 13.7. The molecular formula is C24H19F4N5O2. The molecule has 1 spiro atoms. The van der Waals surface area contributed by atoms with Crippen LogP contribution in [0.15, 0.2) is 43.0 Å². The lowest BCUT2D eigenvalue weighted by atomic mass is 9.73. The van der Waals surface area contributed by atoms with E-state index in [0.29, 0.717) is 24.4 Å². The SMILES string of the molecule is Cc1ccnc(C(=O)N2CC3CC34CC(Oc3ccc(C(F)(F)F)cn3)C24)c1-c1ncc(F)cn1. The van der Waals surface area contributed by atoms with Crippen LogP contribution in [-0.2, 0) is 6.18 Å². The second-order valence-electron chi connectivity index (χ2n) is 9.36. The van der Waals surface area contributed by atoms with E-state index in [0.717, 1.165) is 36.6 Å². The lowest BCUT2D eigenvalue weighted by Crippen LogP contribution is -2.59. The number of piperidine rings is 1. The number of aryl methyl sites for hydroxylation is 1. The number of amides is 1. The number of carbonyl (C=O) groups is 1. The molecule has 4 unspecified atom stereocenters. The van der Waals surface area contributed by atoms with E-state index in [9.17, 15) is 22.4 Å². The molecule has 1 amide bonds. The Labute approximate surface area is 197 Å². The molecule has 0 aromatic carbocycles. The highest BCUT2D eigenvalue weighted by atomic mass is 19.4. The molecule has 3 aromatic rings. The number of likely N-dealkylation sites (tertiary alicyclic amines) is 1. The van der Waals surface area contributed by atoms with Crippen molar-refractivity contribution in [3.05, 3.63) is 65.6 Å². The summed E-state index contributed by atoms with van der Waals surface area (Å²) in [5, 5.41) is 0. The third-order valence-corrected chi connectivity index (χ3v) is 7.36. The van der Waals surface area contributed by atoms with Crippen LogP contribution in [0.5, 0.6) is 5.88 Å². The summed E-state index contributed by atoms with van der Waals surface area (Å²) in [5.74, 6) is -0.247. The first-order valence-electron chi connectivity index (χ1n) is 11.1. The fourth-order valence-electron chi connectivity index (χ4n) is 5.61. The summed E-state index contributed by atoms with van der Waals surface area (Å²) in [7, 11) is 0. The first-order valence-corrected chi connectivity index (χ1v) is 11.1. The summed E-state index contributed by atoms with van der Waals surface area (Å²) in [4.78, 5) is 31.6. The van der Waals surface area contributed by atoms with Gasteiger partial charge in [0.15, 0.2) is 11.6 Å². The van der Waals surface area contributed by atoms with Gasteiger partial charge in [-0.1, -0.05) is 0 Å². The molecule has 0 N–H and O–H groups in total. The number of alkyl halides is 3. The van der Waals surface area contributed by atoms with E-state index in [4.69, 9.17) is 4.74 Å². The first-order chi connectivity index (χ1) is 16.7. The van der Waals surface area contributed by atoms with Crippen LogP contribution >= 0.6 is 0 Å². The van der Waals surface area contributed by atoms with Crippen LogP contribution in [0.25, 0.3) is 11.4 Å². The van der Waals surface area contributed by atoms with Crippen molar-refractivity contribution < 1.29 is 27.1 Å². The predicted octanol–water partition coefficient (Wildman–Crippen LogP) is 4.08. The van der Waals surface area contributed by atoms with Gasteiger partial charge in [0.2, 0.25) is 5.88 Å². The maximum absolute atomic E-state index is 13.7. The molecule has 0 radical (unpaired) electrons. The van der Waals surface area contributed by atoms with Crippen molar-refractivity contribution in [2.24, 2.45) is 11.3 Å². The van der Waals surface area contributed by atoms with Gasteiger partial charge in [-0.25, -0.2) is 19.3 Å². The summed E-state index contributed by atoms with van der Waals surface area (Å²) >= 11 is 0. The smallest absolute Gasteiger partial charge is 0.417 e. The van der Waals surface area contributed by atoms with Gasteiger partial charge in [0.25, 0.3) is 5.91 Å². The highest BCUT2D eigenvalue weighted by molar-refractivity contribution is 5.99. The van der Waals surface area contributed by atoms with Gasteiger partial charge in [0, 0.05) is 30.4 Å². The molecule has 6 rings (SSSR count). The molecule has 2 aliphatic carbocycles. The second-order valence-corrected chi connectivity index (χ2v) is 9.36. The van der Waals surface area contributed by atoms with Crippen LogP contribution in [0, 0.1) is 24.1 Å². The molecule has 11 heteroatoms. The molecule has 35 heavy (non-hydrogen) atoms. The average Bonchev–Trinajstić information content (AvgIpc) is 3.47. The molecule has 3 aromatic heterocycles. The predicted molar refractivity (Wildman–Crippen MR) is 114 cm³/mol. The van der Waals surface area contributed by atoms with Crippen LogP contribution < -0.4 is 4.74 Å². The molecule has 4 heterocycles. The van der Waals surface area contributed by atoms with Crippen LogP contribution in [-0.4, -0.2) is 49.4 Å². The summed E-state index contributed by atoms with van der Waals surface area (Å²) in [5.41, 5.74) is 0.461. The van der Waals surface area contributed by atoms with Crippen LogP contribution in [0.3, 0.4) is 0 Å². The van der Waals surface area contributed by atoms with E-state index in [-0.39, 0.29) is 40.9 Å². The Morgan fingerprint density at radius 2 is 1.86 bits per heavy atom. The maximum Gasteiger partial charge on any atom is 0.417 e. The van der Waals surface area contributed by atoms with Gasteiger partial charge in [-0.2, -0.15) is 13.2 Å². The third kappa shape index (κ3) is 3.43. The molecule has 3 fully saturated rings. The minimum atomic E-state index is -4.48. The van der Waals surface area contributed by atoms with E-state index < -0.39 is 17.6 Å². The van der Waals surface area contributed by atoms with Crippen molar-refractivity contribution in [1.82, 2.24) is 24.8 Å². The molecule has 2 saturated carbocycles. The number of hydrogen-bond acceptors (Lipinski definition) is 6. The molecule has 0 bridgehead atoms. The molecule has 1 aliphatic heterocycles. The van der Waals surface area contributed by atoms with E-state index in [1.165, 1.54) is 12.3 Å². The van der Waals surface area contributed by atoms with Crippen LogP contribution in [0.4, 0.5) is 17.6 Å².